The molecule has 1 unspecified atom stereocenters. The van der Waals surface area contributed by atoms with E-state index in [2.05, 4.69) is 10.6 Å². The highest BCUT2D eigenvalue weighted by atomic mass is 35.5. The number of halogens is 1. The molecule has 0 aromatic heterocycles. The molecule has 2 rings (SSSR count). The standard InChI is InChI=1S/C18H27N3O2S.ClH/c1-19-15-8-11-21(12-9-15)18(23)16(10-13-24-2)20-17(22)14-6-4-3-5-7-14;/h3-7,15-16,19H,8-13H2,1-2H3,(H,20,22);1H. The molecule has 1 fully saturated rings. The fourth-order valence-electron chi connectivity index (χ4n) is 2.93. The van der Waals surface area contributed by atoms with Crippen LogP contribution in [0.3, 0.4) is 0 Å². The van der Waals surface area contributed by atoms with Crippen molar-refractivity contribution >= 4 is 36.0 Å². The van der Waals surface area contributed by atoms with Crippen molar-refractivity contribution in [1.29, 1.82) is 0 Å². The van der Waals surface area contributed by atoms with Gasteiger partial charge in [-0.15, -0.1) is 12.4 Å². The van der Waals surface area contributed by atoms with E-state index in [1.54, 1.807) is 23.9 Å². The Hall–Kier alpha value is -1.24. The topological polar surface area (TPSA) is 61.4 Å². The fourth-order valence-corrected chi connectivity index (χ4v) is 3.40. The number of hydrogen-bond acceptors (Lipinski definition) is 4. The van der Waals surface area contributed by atoms with Gasteiger partial charge in [-0.25, -0.2) is 0 Å². The van der Waals surface area contributed by atoms with Gasteiger partial charge in [0.1, 0.15) is 6.04 Å². The van der Waals surface area contributed by atoms with E-state index in [-0.39, 0.29) is 24.2 Å². The molecule has 1 aliphatic rings. The van der Waals surface area contributed by atoms with Gasteiger partial charge in [0.2, 0.25) is 5.91 Å². The molecule has 0 spiro atoms. The minimum atomic E-state index is -0.448. The Morgan fingerprint density at radius 3 is 2.44 bits per heavy atom. The summed E-state index contributed by atoms with van der Waals surface area (Å²) in [6, 6.07) is 9.10. The number of thioether (sulfide) groups is 1. The summed E-state index contributed by atoms with van der Waals surface area (Å²) in [5.74, 6) is 0.710. The van der Waals surface area contributed by atoms with Gasteiger partial charge in [-0.1, -0.05) is 18.2 Å². The van der Waals surface area contributed by atoms with E-state index in [0.29, 0.717) is 18.0 Å². The molecule has 1 aliphatic heterocycles. The molecular weight excluding hydrogens is 358 g/mol. The highest BCUT2D eigenvalue weighted by Gasteiger charge is 2.28. The minimum absolute atomic E-state index is 0. The first-order chi connectivity index (χ1) is 11.7. The Kier molecular flexibility index (Phi) is 9.93. The molecule has 0 saturated carbocycles. The summed E-state index contributed by atoms with van der Waals surface area (Å²) in [5, 5.41) is 6.20. The molecule has 1 atom stereocenters. The van der Waals surface area contributed by atoms with Gasteiger partial charge in [0.05, 0.1) is 0 Å². The number of carbonyl (C=O) groups excluding carboxylic acids is 2. The van der Waals surface area contributed by atoms with E-state index in [4.69, 9.17) is 0 Å². The molecule has 0 radical (unpaired) electrons. The minimum Gasteiger partial charge on any atom is -0.341 e. The number of hydrogen-bond donors (Lipinski definition) is 2. The van der Waals surface area contributed by atoms with Crippen LogP contribution in [0.25, 0.3) is 0 Å². The van der Waals surface area contributed by atoms with Crippen LogP contribution in [0.1, 0.15) is 29.6 Å². The van der Waals surface area contributed by atoms with Gasteiger partial charge in [0, 0.05) is 24.7 Å². The zero-order valence-electron chi connectivity index (χ0n) is 14.9. The summed E-state index contributed by atoms with van der Waals surface area (Å²) in [5.41, 5.74) is 0.591. The van der Waals surface area contributed by atoms with E-state index < -0.39 is 6.04 Å². The van der Waals surface area contributed by atoms with Crippen molar-refractivity contribution in [2.75, 3.05) is 32.1 Å². The smallest absolute Gasteiger partial charge is 0.251 e. The van der Waals surface area contributed by atoms with Crippen molar-refractivity contribution in [3.05, 3.63) is 35.9 Å². The third kappa shape index (κ3) is 6.53. The molecule has 2 amide bonds. The normalized spacial score (nSPS) is 16.0. The first kappa shape index (κ1) is 21.8. The molecule has 1 aromatic rings. The maximum Gasteiger partial charge on any atom is 0.251 e. The van der Waals surface area contributed by atoms with Crippen LogP contribution in [0, 0.1) is 0 Å². The third-order valence-corrected chi connectivity index (χ3v) is 5.11. The second-order valence-corrected chi connectivity index (χ2v) is 7.05. The van der Waals surface area contributed by atoms with E-state index >= 15 is 0 Å². The van der Waals surface area contributed by atoms with Crippen molar-refractivity contribution < 1.29 is 9.59 Å². The molecule has 140 valence electrons. The number of nitrogens with one attached hydrogen (secondary N) is 2. The second-order valence-electron chi connectivity index (χ2n) is 6.06. The lowest BCUT2D eigenvalue weighted by atomic mass is 10.0. The SMILES string of the molecule is CNC1CCN(C(=O)C(CCSC)NC(=O)c2ccccc2)CC1.Cl. The summed E-state index contributed by atoms with van der Waals surface area (Å²) in [4.78, 5) is 27.1. The van der Waals surface area contributed by atoms with Crippen LogP contribution in [0.4, 0.5) is 0 Å². The monoisotopic (exact) mass is 385 g/mol. The Morgan fingerprint density at radius 1 is 1.24 bits per heavy atom. The molecule has 7 heteroatoms. The first-order valence-electron chi connectivity index (χ1n) is 8.46. The lowest BCUT2D eigenvalue weighted by Gasteiger charge is -2.34. The van der Waals surface area contributed by atoms with Gasteiger partial charge in [-0.3, -0.25) is 9.59 Å². The van der Waals surface area contributed by atoms with Crippen LogP contribution in [-0.2, 0) is 4.79 Å². The number of benzene rings is 1. The highest BCUT2D eigenvalue weighted by Crippen LogP contribution is 2.13. The van der Waals surface area contributed by atoms with Crippen molar-refractivity contribution in [3.63, 3.8) is 0 Å². The van der Waals surface area contributed by atoms with Crippen molar-refractivity contribution in [1.82, 2.24) is 15.5 Å². The number of carbonyl (C=O) groups is 2. The van der Waals surface area contributed by atoms with Gasteiger partial charge in [0.15, 0.2) is 0 Å². The molecule has 0 aliphatic carbocycles. The average molecular weight is 386 g/mol. The molecule has 1 aromatic carbocycles. The van der Waals surface area contributed by atoms with Crippen molar-refractivity contribution in [2.45, 2.75) is 31.3 Å². The molecule has 0 bridgehead atoms. The van der Waals surface area contributed by atoms with Gasteiger partial charge >= 0.3 is 0 Å². The van der Waals surface area contributed by atoms with E-state index in [0.717, 1.165) is 31.7 Å². The van der Waals surface area contributed by atoms with Crippen LogP contribution in [-0.4, -0.2) is 60.9 Å². The number of likely N-dealkylation sites (tertiary alicyclic amines) is 1. The zero-order chi connectivity index (χ0) is 17.4. The van der Waals surface area contributed by atoms with Gasteiger partial charge in [-0.05, 0) is 50.5 Å². The summed E-state index contributed by atoms with van der Waals surface area (Å²) >= 11 is 1.69. The largest absolute Gasteiger partial charge is 0.341 e. The van der Waals surface area contributed by atoms with Gasteiger partial charge < -0.3 is 15.5 Å². The number of rotatable bonds is 7. The maximum atomic E-state index is 12.8. The molecule has 1 saturated heterocycles. The Labute approximate surface area is 160 Å². The Morgan fingerprint density at radius 2 is 1.88 bits per heavy atom. The first-order valence-corrected chi connectivity index (χ1v) is 9.86. The van der Waals surface area contributed by atoms with E-state index in [9.17, 15) is 9.59 Å². The fraction of sp³-hybridized carbons (Fsp3) is 0.556. The zero-order valence-corrected chi connectivity index (χ0v) is 16.5. The summed E-state index contributed by atoms with van der Waals surface area (Å²) in [6.07, 6.45) is 4.59. The predicted octanol–water partition coefficient (Wildman–Crippen LogP) is 2.17. The van der Waals surface area contributed by atoms with Crippen LogP contribution in [0.2, 0.25) is 0 Å². The number of nitrogens with zero attached hydrogens (tertiary/aromatic N) is 1. The molecule has 1 heterocycles. The summed E-state index contributed by atoms with van der Waals surface area (Å²) < 4.78 is 0. The van der Waals surface area contributed by atoms with E-state index in [1.807, 2.05) is 36.4 Å². The summed E-state index contributed by atoms with van der Waals surface area (Å²) in [6.45, 7) is 1.50. The Bertz CT molecular complexity index is 536. The van der Waals surface area contributed by atoms with Gasteiger partial charge in [0.25, 0.3) is 5.91 Å². The molecule has 25 heavy (non-hydrogen) atoms. The van der Waals surface area contributed by atoms with Crippen LogP contribution in [0.15, 0.2) is 30.3 Å². The van der Waals surface area contributed by atoms with Crippen LogP contribution in [0.5, 0.6) is 0 Å². The molecule has 5 nitrogen and oxygen atoms in total. The lowest BCUT2D eigenvalue weighted by Crippen LogP contribution is -2.52. The van der Waals surface area contributed by atoms with Gasteiger partial charge in [-0.2, -0.15) is 11.8 Å². The third-order valence-electron chi connectivity index (χ3n) is 4.46. The second kappa shape index (κ2) is 11.4. The van der Waals surface area contributed by atoms with E-state index in [1.165, 1.54) is 0 Å². The molecular formula is C18H28ClN3O2S. The van der Waals surface area contributed by atoms with Crippen molar-refractivity contribution in [2.24, 2.45) is 0 Å². The quantitative estimate of drug-likeness (QED) is 0.755. The summed E-state index contributed by atoms with van der Waals surface area (Å²) in [7, 11) is 1.96. The van der Waals surface area contributed by atoms with Crippen LogP contribution >= 0.6 is 24.2 Å². The Balaban J connectivity index is 0.00000312. The molecule has 2 N–H and O–H groups in total. The number of piperidine rings is 1. The maximum absolute atomic E-state index is 12.8. The number of amides is 2. The lowest BCUT2D eigenvalue weighted by molar-refractivity contribution is -0.134. The van der Waals surface area contributed by atoms with Crippen LogP contribution < -0.4 is 10.6 Å². The predicted molar refractivity (Wildman–Crippen MR) is 107 cm³/mol. The highest BCUT2D eigenvalue weighted by molar-refractivity contribution is 7.98. The average Bonchev–Trinajstić information content (AvgIpc) is 2.65. The van der Waals surface area contributed by atoms with Crippen molar-refractivity contribution in [3.8, 4) is 0 Å².